The third-order valence-corrected chi connectivity index (χ3v) is 5.27. The summed E-state index contributed by atoms with van der Waals surface area (Å²) in [6.45, 7) is 4.30. The van der Waals surface area contributed by atoms with Gasteiger partial charge in [-0.05, 0) is 62.8 Å². The fourth-order valence-electron chi connectivity index (χ4n) is 3.74. The molecule has 0 saturated carbocycles. The van der Waals surface area contributed by atoms with Crippen molar-refractivity contribution in [3.8, 4) is 0 Å². The van der Waals surface area contributed by atoms with Crippen molar-refractivity contribution in [2.75, 3.05) is 19.7 Å². The number of carbonyl (C=O) groups excluding carboxylic acids is 2. The van der Waals surface area contributed by atoms with E-state index in [0.29, 0.717) is 23.7 Å². The van der Waals surface area contributed by atoms with Crippen LogP contribution in [-0.2, 0) is 4.74 Å². The van der Waals surface area contributed by atoms with Gasteiger partial charge in [0.05, 0.1) is 6.10 Å². The zero-order chi connectivity index (χ0) is 17.6. The highest BCUT2D eigenvalue weighted by molar-refractivity contribution is 5.98. The number of carbonyl (C=O) groups is 2. The minimum Gasteiger partial charge on any atom is -0.376 e. The van der Waals surface area contributed by atoms with E-state index in [0.717, 1.165) is 45.3 Å². The molecule has 2 fully saturated rings. The van der Waals surface area contributed by atoms with E-state index in [1.54, 1.807) is 24.3 Å². The van der Waals surface area contributed by atoms with Gasteiger partial charge in [-0.15, -0.1) is 0 Å². The molecule has 2 aliphatic heterocycles. The molecule has 2 amide bonds. The van der Waals surface area contributed by atoms with E-state index < -0.39 is 0 Å². The first-order valence-electron chi connectivity index (χ1n) is 9.50. The Morgan fingerprint density at radius 3 is 2.56 bits per heavy atom. The van der Waals surface area contributed by atoms with Crippen LogP contribution < -0.4 is 5.32 Å². The second-order valence-electron chi connectivity index (χ2n) is 6.98. The Bertz CT molecular complexity index is 593. The largest absolute Gasteiger partial charge is 0.376 e. The molecule has 0 spiro atoms. The number of nitrogens with one attached hydrogen (secondary N) is 1. The molecule has 2 heterocycles. The Labute approximate surface area is 149 Å². The lowest BCUT2D eigenvalue weighted by Gasteiger charge is -2.35. The Morgan fingerprint density at radius 1 is 1.12 bits per heavy atom. The molecular weight excluding hydrogens is 316 g/mol. The first-order chi connectivity index (χ1) is 12.2. The van der Waals surface area contributed by atoms with E-state index in [2.05, 4.69) is 12.2 Å². The zero-order valence-electron chi connectivity index (χ0n) is 15.0. The Balaban J connectivity index is 1.58. The maximum atomic E-state index is 12.8. The van der Waals surface area contributed by atoms with Crippen molar-refractivity contribution in [3.63, 3.8) is 0 Å². The zero-order valence-corrected chi connectivity index (χ0v) is 15.0. The van der Waals surface area contributed by atoms with Gasteiger partial charge in [-0.25, -0.2) is 0 Å². The molecule has 0 aliphatic carbocycles. The van der Waals surface area contributed by atoms with E-state index in [4.69, 9.17) is 4.74 Å². The summed E-state index contributed by atoms with van der Waals surface area (Å²) in [6.07, 6.45) is 6.56. The molecule has 5 heteroatoms. The van der Waals surface area contributed by atoms with Crippen molar-refractivity contribution in [2.45, 2.75) is 57.6 Å². The molecule has 0 aromatic heterocycles. The fraction of sp³-hybridized carbons (Fsp3) is 0.600. The molecule has 0 bridgehead atoms. The predicted octanol–water partition coefficient (Wildman–Crippen LogP) is 3.00. The van der Waals surface area contributed by atoms with Gasteiger partial charge in [0.25, 0.3) is 11.8 Å². The van der Waals surface area contributed by atoms with Gasteiger partial charge in [0, 0.05) is 36.9 Å². The summed E-state index contributed by atoms with van der Waals surface area (Å²) < 4.78 is 5.51. The summed E-state index contributed by atoms with van der Waals surface area (Å²) in [5.41, 5.74) is 1.25. The van der Waals surface area contributed by atoms with Gasteiger partial charge >= 0.3 is 0 Å². The van der Waals surface area contributed by atoms with Crippen LogP contribution in [0.3, 0.4) is 0 Å². The summed E-state index contributed by atoms with van der Waals surface area (Å²) in [6, 6.07) is 7.36. The molecule has 2 aliphatic rings. The van der Waals surface area contributed by atoms with Crippen LogP contribution in [-0.4, -0.2) is 48.6 Å². The number of likely N-dealkylation sites (tertiary alicyclic amines) is 1. The van der Waals surface area contributed by atoms with Crippen LogP contribution >= 0.6 is 0 Å². The number of nitrogens with zero attached hydrogens (tertiary/aromatic N) is 1. The number of piperidine rings is 1. The monoisotopic (exact) mass is 344 g/mol. The molecular formula is C20H28N2O3. The van der Waals surface area contributed by atoms with Crippen LogP contribution in [0, 0.1) is 0 Å². The van der Waals surface area contributed by atoms with Crippen LogP contribution in [0.2, 0.25) is 0 Å². The van der Waals surface area contributed by atoms with E-state index in [1.165, 1.54) is 6.42 Å². The SMILES string of the molecule is CCC1CCCCN1C(=O)c1ccc(C(=O)NCC2CCCO2)cc1. The van der Waals surface area contributed by atoms with Gasteiger partial charge in [0.2, 0.25) is 0 Å². The lowest BCUT2D eigenvalue weighted by atomic mass is 9.98. The summed E-state index contributed by atoms with van der Waals surface area (Å²) in [4.78, 5) is 27.0. The Morgan fingerprint density at radius 2 is 1.88 bits per heavy atom. The molecule has 2 unspecified atom stereocenters. The molecule has 25 heavy (non-hydrogen) atoms. The van der Waals surface area contributed by atoms with Crippen molar-refractivity contribution < 1.29 is 14.3 Å². The standard InChI is InChI=1S/C20H28N2O3/c1-2-17-6-3-4-12-22(17)20(24)16-10-8-15(9-11-16)19(23)21-14-18-7-5-13-25-18/h8-11,17-18H,2-7,12-14H2,1H3,(H,21,23). The van der Waals surface area contributed by atoms with Gasteiger partial charge in [-0.1, -0.05) is 6.92 Å². The first-order valence-corrected chi connectivity index (χ1v) is 9.50. The molecule has 2 saturated heterocycles. The highest BCUT2D eigenvalue weighted by Gasteiger charge is 2.26. The third-order valence-electron chi connectivity index (χ3n) is 5.27. The van der Waals surface area contributed by atoms with E-state index in [-0.39, 0.29) is 17.9 Å². The fourth-order valence-corrected chi connectivity index (χ4v) is 3.74. The van der Waals surface area contributed by atoms with E-state index >= 15 is 0 Å². The Hall–Kier alpha value is -1.88. The van der Waals surface area contributed by atoms with Crippen molar-refractivity contribution in [3.05, 3.63) is 35.4 Å². The second-order valence-corrected chi connectivity index (χ2v) is 6.98. The van der Waals surface area contributed by atoms with Crippen molar-refractivity contribution in [1.29, 1.82) is 0 Å². The summed E-state index contributed by atoms with van der Waals surface area (Å²) >= 11 is 0. The lowest BCUT2D eigenvalue weighted by molar-refractivity contribution is 0.0607. The van der Waals surface area contributed by atoms with Gasteiger partial charge in [-0.2, -0.15) is 0 Å². The molecule has 3 rings (SSSR count). The lowest BCUT2D eigenvalue weighted by Crippen LogP contribution is -2.43. The van der Waals surface area contributed by atoms with Gasteiger partial charge in [0.1, 0.15) is 0 Å². The second kappa shape index (κ2) is 8.48. The number of hydrogen-bond donors (Lipinski definition) is 1. The molecule has 2 atom stereocenters. The molecule has 0 radical (unpaired) electrons. The predicted molar refractivity (Wildman–Crippen MR) is 96.7 cm³/mol. The average Bonchev–Trinajstić information content (AvgIpc) is 3.19. The Kier molecular flexibility index (Phi) is 6.08. The summed E-state index contributed by atoms with van der Waals surface area (Å²) in [5.74, 6) is -0.0308. The van der Waals surface area contributed by atoms with Gasteiger partial charge in [0.15, 0.2) is 0 Å². The smallest absolute Gasteiger partial charge is 0.254 e. The number of hydrogen-bond acceptors (Lipinski definition) is 3. The number of ether oxygens (including phenoxy) is 1. The van der Waals surface area contributed by atoms with Crippen LogP contribution in [0.5, 0.6) is 0 Å². The minimum atomic E-state index is -0.112. The van der Waals surface area contributed by atoms with Crippen LogP contribution in [0.1, 0.15) is 66.2 Å². The quantitative estimate of drug-likeness (QED) is 0.893. The normalized spacial score (nSPS) is 23.5. The van der Waals surface area contributed by atoms with E-state index in [1.807, 2.05) is 4.90 Å². The maximum Gasteiger partial charge on any atom is 0.254 e. The first kappa shape index (κ1) is 17.9. The molecule has 1 aromatic carbocycles. The van der Waals surface area contributed by atoms with Gasteiger partial charge in [-0.3, -0.25) is 9.59 Å². The van der Waals surface area contributed by atoms with Gasteiger partial charge < -0.3 is 15.0 Å². The highest BCUT2D eigenvalue weighted by atomic mass is 16.5. The number of amides is 2. The van der Waals surface area contributed by atoms with Crippen molar-refractivity contribution in [1.82, 2.24) is 10.2 Å². The highest BCUT2D eigenvalue weighted by Crippen LogP contribution is 2.22. The van der Waals surface area contributed by atoms with Crippen molar-refractivity contribution in [2.24, 2.45) is 0 Å². The van der Waals surface area contributed by atoms with Crippen LogP contribution in [0.25, 0.3) is 0 Å². The summed E-state index contributed by atoms with van der Waals surface area (Å²) in [7, 11) is 0. The number of benzene rings is 1. The average molecular weight is 344 g/mol. The maximum absolute atomic E-state index is 12.8. The topological polar surface area (TPSA) is 58.6 Å². The minimum absolute atomic E-state index is 0.0814. The molecule has 1 N–H and O–H groups in total. The van der Waals surface area contributed by atoms with E-state index in [9.17, 15) is 9.59 Å². The van der Waals surface area contributed by atoms with Crippen LogP contribution in [0.4, 0.5) is 0 Å². The summed E-state index contributed by atoms with van der Waals surface area (Å²) in [5, 5.41) is 2.91. The number of rotatable bonds is 5. The molecule has 1 aromatic rings. The van der Waals surface area contributed by atoms with Crippen LogP contribution in [0.15, 0.2) is 24.3 Å². The molecule has 136 valence electrons. The molecule has 5 nitrogen and oxygen atoms in total. The third kappa shape index (κ3) is 4.40. The van der Waals surface area contributed by atoms with Crippen molar-refractivity contribution >= 4 is 11.8 Å².